The highest BCUT2D eigenvalue weighted by molar-refractivity contribution is 5.75. The molecule has 1 unspecified atom stereocenters. The van der Waals surface area contributed by atoms with Crippen LogP contribution in [0.2, 0.25) is 0 Å². The average molecular weight is 223 g/mol. The Labute approximate surface area is 94.8 Å². The van der Waals surface area contributed by atoms with Gasteiger partial charge in [0.15, 0.2) is 6.04 Å². The van der Waals surface area contributed by atoms with Crippen LogP contribution in [0.4, 0.5) is 0 Å². The average Bonchev–Trinajstić information content (AvgIpc) is 2.06. The van der Waals surface area contributed by atoms with Crippen LogP contribution in [-0.4, -0.2) is 23.2 Å². The Morgan fingerprint density at radius 3 is 1.94 bits per heavy atom. The lowest BCUT2D eigenvalue weighted by Gasteiger charge is -2.43. The second-order valence-electron chi connectivity index (χ2n) is 4.96. The molecule has 2 fully saturated rings. The molecule has 0 radical (unpaired) electrons. The number of carbonyl (C=O) groups excluding carboxylic acids is 1. The number of carboxylic acid groups (broad SMARTS) is 1. The predicted molar refractivity (Wildman–Crippen MR) is 57.7 cm³/mol. The molecule has 0 spiro atoms. The molecule has 2 rings (SSSR count). The summed E-state index contributed by atoms with van der Waals surface area (Å²) < 4.78 is 0. The molecule has 1 atom stereocenters. The van der Waals surface area contributed by atoms with E-state index in [9.17, 15) is 9.59 Å². The number of aliphatic carboxylic acids is 1. The van der Waals surface area contributed by atoms with Gasteiger partial charge in [0.2, 0.25) is 6.08 Å². The van der Waals surface area contributed by atoms with E-state index in [1.54, 1.807) is 0 Å². The van der Waals surface area contributed by atoms with Crippen molar-refractivity contribution in [2.24, 2.45) is 22.7 Å². The van der Waals surface area contributed by atoms with Crippen molar-refractivity contribution in [1.29, 1.82) is 0 Å². The van der Waals surface area contributed by atoms with Gasteiger partial charge in [0.1, 0.15) is 0 Å². The van der Waals surface area contributed by atoms with Crippen molar-refractivity contribution in [3.05, 3.63) is 0 Å². The number of aliphatic imine (C=N–C) groups is 1. The Morgan fingerprint density at radius 2 is 1.69 bits per heavy atom. The predicted octanol–water partition coefficient (Wildman–Crippen LogP) is 1.99. The lowest BCUT2D eigenvalue weighted by molar-refractivity contribution is -0.142. The van der Waals surface area contributed by atoms with Gasteiger partial charge < -0.3 is 5.11 Å². The second-order valence-corrected chi connectivity index (χ2v) is 4.96. The largest absolute Gasteiger partial charge is 0.480 e. The number of carboxylic acids is 1. The first-order valence-corrected chi connectivity index (χ1v) is 6.04. The molecule has 88 valence electrons. The van der Waals surface area contributed by atoms with E-state index < -0.39 is 12.0 Å². The molecule has 4 nitrogen and oxygen atoms in total. The van der Waals surface area contributed by atoms with Crippen molar-refractivity contribution in [2.75, 3.05) is 0 Å². The highest BCUT2D eigenvalue weighted by Gasteiger charge is 2.43. The summed E-state index contributed by atoms with van der Waals surface area (Å²) in [6.07, 6.45) is 8.19. The SMILES string of the molecule is O=C=NC(C(=O)O)C(C1CCC1)C1CCC1. The molecule has 0 heterocycles. The van der Waals surface area contributed by atoms with E-state index in [1.807, 2.05) is 0 Å². The Hall–Kier alpha value is -1.15. The molecule has 0 aromatic carbocycles. The fourth-order valence-electron chi connectivity index (χ4n) is 2.91. The van der Waals surface area contributed by atoms with Crippen molar-refractivity contribution in [3.63, 3.8) is 0 Å². The standard InChI is InChI=1S/C12H17NO3/c14-7-13-11(12(15)16)10(8-3-1-4-8)9-5-2-6-9/h8-11H,1-6H2,(H,15,16). The van der Waals surface area contributed by atoms with Crippen LogP contribution in [-0.2, 0) is 9.59 Å². The van der Waals surface area contributed by atoms with Crippen LogP contribution in [0.5, 0.6) is 0 Å². The van der Waals surface area contributed by atoms with Crippen LogP contribution in [0.1, 0.15) is 38.5 Å². The van der Waals surface area contributed by atoms with Gasteiger partial charge in [-0.15, -0.1) is 0 Å². The van der Waals surface area contributed by atoms with Gasteiger partial charge in [-0.1, -0.05) is 38.5 Å². The maximum absolute atomic E-state index is 11.1. The van der Waals surface area contributed by atoms with Crippen molar-refractivity contribution < 1.29 is 14.7 Å². The maximum atomic E-state index is 11.1. The van der Waals surface area contributed by atoms with Crippen LogP contribution in [0.3, 0.4) is 0 Å². The zero-order chi connectivity index (χ0) is 11.5. The number of rotatable bonds is 5. The highest BCUT2D eigenvalue weighted by Crippen LogP contribution is 2.46. The number of carbonyl (C=O) groups is 1. The molecule has 0 aromatic heterocycles. The van der Waals surface area contributed by atoms with Gasteiger partial charge in [0.25, 0.3) is 0 Å². The van der Waals surface area contributed by atoms with E-state index in [4.69, 9.17) is 5.11 Å². The van der Waals surface area contributed by atoms with Gasteiger partial charge in [0, 0.05) is 0 Å². The third-order valence-corrected chi connectivity index (χ3v) is 4.20. The van der Waals surface area contributed by atoms with E-state index in [1.165, 1.54) is 18.9 Å². The summed E-state index contributed by atoms with van der Waals surface area (Å²) in [6.45, 7) is 0. The van der Waals surface area contributed by atoms with E-state index in [-0.39, 0.29) is 5.92 Å². The van der Waals surface area contributed by atoms with Gasteiger partial charge in [0.05, 0.1) is 0 Å². The normalized spacial score (nSPS) is 23.1. The Morgan fingerprint density at radius 1 is 1.19 bits per heavy atom. The lowest BCUT2D eigenvalue weighted by Crippen LogP contribution is -2.42. The minimum absolute atomic E-state index is 0.0708. The molecule has 2 aliphatic rings. The fraction of sp³-hybridized carbons (Fsp3) is 0.833. The molecule has 0 aliphatic heterocycles. The van der Waals surface area contributed by atoms with E-state index >= 15 is 0 Å². The molecule has 2 aliphatic carbocycles. The summed E-state index contributed by atoms with van der Waals surface area (Å²) in [7, 11) is 0. The number of hydrogen-bond donors (Lipinski definition) is 1. The molecular formula is C12H17NO3. The molecule has 4 heteroatoms. The van der Waals surface area contributed by atoms with E-state index in [0.29, 0.717) is 11.8 Å². The summed E-state index contributed by atoms with van der Waals surface area (Å²) in [4.78, 5) is 25.0. The fourth-order valence-corrected chi connectivity index (χ4v) is 2.91. The van der Waals surface area contributed by atoms with Crippen LogP contribution in [0.25, 0.3) is 0 Å². The quantitative estimate of drug-likeness (QED) is 0.572. The Bertz CT molecular complexity index is 298. The van der Waals surface area contributed by atoms with Crippen molar-refractivity contribution >= 4 is 12.0 Å². The van der Waals surface area contributed by atoms with Crippen molar-refractivity contribution in [1.82, 2.24) is 0 Å². The maximum Gasteiger partial charge on any atom is 0.329 e. The van der Waals surface area contributed by atoms with E-state index in [2.05, 4.69) is 4.99 Å². The minimum atomic E-state index is -0.966. The monoisotopic (exact) mass is 223 g/mol. The molecule has 0 saturated heterocycles. The summed E-state index contributed by atoms with van der Waals surface area (Å²) in [5.41, 5.74) is 0. The summed E-state index contributed by atoms with van der Waals surface area (Å²) in [6, 6.07) is -0.854. The lowest BCUT2D eigenvalue weighted by atomic mass is 9.62. The molecule has 0 bridgehead atoms. The molecule has 0 aromatic rings. The second kappa shape index (κ2) is 4.79. The molecule has 0 amide bonds. The molecule has 16 heavy (non-hydrogen) atoms. The number of nitrogens with zero attached hydrogens (tertiary/aromatic N) is 1. The van der Waals surface area contributed by atoms with Crippen LogP contribution >= 0.6 is 0 Å². The Balaban J connectivity index is 2.13. The van der Waals surface area contributed by atoms with E-state index in [0.717, 1.165) is 25.7 Å². The molecular weight excluding hydrogens is 206 g/mol. The third kappa shape index (κ3) is 2.03. The zero-order valence-electron chi connectivity index (χ0n) is 9.26. The van der Waals surface area contributed by atoms with Crippen LogP contribution < -0.4 is 0 Å². The highest BCUT2D eigenvalue weighted by atomic mass is 16.4. The Kier molecular flexibility index (Phi) is 3.39. The van der Waals surface area contributed by atoms with Crippen molar-refractivity contribution in [3.8, 4) is 0 Å². The third-order valence-electron chi connectivity index (χ3n) is 4.20. The van der Waals surface area contributed by atoms with Gasteiger partial charge in [-0.2, -0.15) is 4.99 Å². The summed E-state index contributed by atoms with van der Waals surface area (Å²) in [5, 5.41) is 9.14. The van der Waals surface area contributed by atoms with Gasteiger partial charge in [-0.3, -0.25) is 0 Å². The van der Waals surface area contributed by atoms with Crippen LogP contribution in [0.15, 0.2) is 4.99 Å². The minimum Gasteiger partial charge on any atom is -0.480 e. The van der Waals surface area contributed by atoms with Gasteiger partial charge >= 0.3 is 5.97 Å². The first-order valence-electron chi connectivity index (χ1n) is 6.04. The summed E-state index contributed by atoms with van der Waals surface area (Å²) >= 11 is 0. The first kappa shape index (κ1) is 11.3. The zero-order valence-corrected chi connectivity index (χ0v) is 9.26. The van der Waals surface area contributed by atoms with Crippen molar-refractivity contribution in [2.45, 2.75) is 44.6 Å². The smallest absolute Gasteiger partial charge is 0.329 e. The topological polar surface area (TPSA) is 66.7 Å². The number of hydrogen-bond acceptors (Lipinski definition) is 3. The van der Waals surface area contributed by atoms with Gasteiger partial charge in [-0.05, 0) is 17.8 Å². The summed E-state index contributed by atoms with van der Waals surface area (Å²) in [5.74, 6) is 0.0283. The van der Waals surface area contributed by atoms with Gasteiger partial charge in [-0.25, -0.2) is 9.59 Å². The molecule has 1 N–H and O–H groups in total. The van der Waals surface area contributed by atoms with Crippen LogP contribution in [0, 0.1) is 17.8 Å². The first-order chi connectivity index (χ1) is 7.74. The molecule has 2 saturated carbocycles. The number of isocyanates is 1.